The molecule has 0 aliphatic heterocycles. The van der Waals surface area contributed by atoms with E-state index in [2.05, 4.69) is 10.0 Å². The molecule has 7 nitrogen and oxygen atoms in total. The van der Waals surface area contributed by atoms with Crippen molar-refractivity contribution < 1.29 is 23.1 Å². The van der Waals surface area contributed by atoms with Crippen molar-refractivity contribution in [2.75, 3.05) is 16.3 Å². The molecule has 0 bridgehead atoms. The van der Waals surface area contributed by atoms with E-state index in [1.807, 2.05) is 6.92 Å². The van der Waals surface area contributed by atoms with E-state index < -0.39 is 21.9 Å². The molecule has 8 heteroatoms. The highest BCUT2D eigenvalue weighted by Gasteiger charge is 2.19. The minimum absolute atomic E-state index is 0.0266. The lowest BCUT2D eigenvalue weighted by Gasteiger charge is -2.15. The molecule has 0 spiro atoms. The number of para-hydroxylation sites is 2. The van der Waals surface area contributed by atoms with Gasteiger partial charge in [0, 0.05) is 0 Å². The summed E-state index contributed by atoms with van der Waals surface area (Å²) in [6.45, 7) is 1.84. The Labute approximate surface area is 145 Å². The van der Waals surface area contributed by atoms with Crippen molar-refractivity contribution >= 4 is 33.3 Å². The molecule has 0 fully saturated rings. The van der Waals surface area contributed by atoms with Gasteiger partial charge in [0.15, 0.2) is 0 Å². The number of aromatic carboxylic acids is 1. The molecule has 0 saturated carbocycles. The average Bonchev–Trinajstić information content (AvgIpc) is 2.53. The van der Waals surface area contributed by atoms with Gasteiger partial charge in [-0.25, -0.2) is 13.2 Å². The molecular formula is C17H18N2O5S. The van der Waals surface area contributed by atoms with Gasteiger partial charge in [-0.3, -0.25) is 9.52 Å². The summed E-state index contributed by atoms with van der Waals surface area (Å²) in [6.07, 6.45) is 1.51. The number of hydrogen-bond donors (Lipinski definition) is 3. The zero-order valence-corrected chi connectivity index (χ0v) is 14.6. The van der Waals surface area contributed by atoms with Crippen LogP contribution in [0.5, 0.6) is 0 Å². The molecule has 0 aliphatic carbocycles. The molecule has 0 aromatic heterocycles. The highest BCUT2D eigenvalue weighted by molar-refractivity contribution is 7.92. The van der Waals surface area contributed by atoms with Gasteiger partial charge in [0.2, 0.25) is 10.0 Å². The van der Waals surface area contributed by atoms with Gasteiger partial charge in [-0.1, -0.05) is 31.2 Å². The zero-order valence-electron chi connectivity index (χ0n) is 13.7. The van der Waals surface area contributed by atoms with Crippen LogP contribution in [0.4, 0.5) is 11.4 Å². The number of anilines is 2. The Morgan fingerprint density at radius 1 is 1.04 bits per heavy atom. The third-order valence-corrected chi connectivity index (χ3v) is 4.06. The fraction of sp³-hybridized carbons (Fsp3) is 0.176. The second kappa shape index (κ2) is 7.35. The maximum Gasteiger partial charge on any atom is 0.337 e. The summed E-state index contributed by atoms with van der Waals surface area (Å²) in [7, 11) is -3.56. The minimum Gasteiger partial charge on any atom is -0.478 e. The van der Waals surface area contributed by atoms with Gasteiger partial charge in [-0.2, -0.15) is 0 Å². The van der Waals surface area contributed by atoms with Crippen molar-refractivity contribution in [3.05, 3.63) is 59.2 Å². The SMILES string of the molecule is CCc1cccc(C(=O)O)c1NC(=O)c1ccccc1NS(C)(=O)=O. The first-order valence-corrected chi connectivity index (χ1v) is 9.35. The Hall–Kier alpha value is -2.87. The van der Waals surface area contributed by atoms with Gasteiger partial charge in [0.25, 0.3) is 5.91 Å². The van der Waals surface area contributed by atoms with E-state index in [9.17, 15) is 23.1 Å². The number of nitrogens with one attached hydrogen (secondary N) is 2. The Kier molecular flexibility index (Phi) is 5.43. The van der Waals surface area contributed by atoms with Crippen LogP contribution >= 0.6 is 0 Å². The predicted octanol–water partition coefficient (Wildman–Crippen LogP) is 2.57. The van der Waals surface area contributed by atoms with Crippen molar-refractivity contribution in [2.45, 2.75) is 13.3 Å². The Morgan fingerprint density at radius 3 is 2.28 bits per heavy atom. The van der Waals surface area contributed by atoms with Crippen molar-refractivity contribution in [3.8, 4) is 0 Å². The van der Waals surface area contributed by atoms with E-state index in [0.717, 1.165) is 6.26 Å². The summed E-state index contributed by atoms with van der Waals surface area (Å²) in [6, 6.07) is 10.8. The number of benzene rings is 2. The van der Waals surface area contributed by atoms with Gasteiger partial charge >= 0.3 is 5.97 Å². The minimum atomic E-state index is -3.56. The van der Waals surface area contributed by atoms with E-state index >= 15 is 0 Å². The fourth-order valence-corrected chi connectivity index (χ4v) is 2.95. The molecule has 25 heavy (non-hydrogen) atoms. The quantitative estimate of drug-likeness (QED) is 0.731. The topological polar surface area (TPSA) is 113 Å². The van der Waals surface area contributed by atoms with Crippen LogP contribution in [-0.4, -0.2) is 31.7 Å². The summed E-state index contributed by atoms with van der Waals surface area (Å²) < 4.78 is 25.2. The number of amides is 1. The van der Waals surface area contributed by atoms with Crippen LogP contribution in [-0.2, 0) is 16.4 Å². The van der Waals surface area contributed by atoms with Crippen molar-refractivity contribution in [1.29, 1.82) is 0 Å². The molecule has 0 atom stereocenters. The van der Waals surface area contributed by atoms with Gasteiger partial charge in [-0.15, -0.1) is 0 Å². The molecule has 2 aromatic rings. The number of carboxylic acids is 1. The number of aryl methyl sites for hydroxylation is 1. The van der Waals surface area contributed by atoms with Gasteiger partial charge in [0.05, 0.1) is 28.8 Å². The Balaban J connectivity index is 2.44. The highest BCUT2D eigenvalue weighted by Crippen LogP contribution is 2.24. The molecule has 0 aliphatic rings. The summed E-state index contributed by atoms with van der Waals surface area (Å²) in [5, 5.41) is 11.9. The molecule has 2 aromatic carbocycles. The highest BCUT2D eigenvalue weighted by atomic mass is 32.2. The van der Waals surface area contributed by atoms with Crippen LogP contribution in [0.25, 0.3) is 0 Å². The van der Waals surface area contributed by atoms with E-state index in [0.29, 0.717) is 12.0 Å². The molecule has 3 N–H and O–H groups in total. The average molecular weight is 362 g/mol. The molecule has 0 saturated heterocycles. The number of carbonyl (C=O) groups is 2. The normalized spacial score (nSPS) is 11.0. The van der Waals surface area contributed by atoms with Crippen LogP contribution in [0.1, 0.15) is 33.2 Å². The second-order valence-corrected chi connectivity index (χ2v) is 7.12. The lowest BCUT2D eigenvalue weighted by Crippen LogP contribution is -2.19. The third kappa shape index (κ3) is 4.57. The number of hydrogen-bond acceptors (Lipinski definition) is 4. The van der Waals surface area contributed by atoms with E-state index in [4.69, 9.17) is 0 Å². The van der Waals surface area contributed by atoms with Crippen molar-refractivity contribution in [1.82, 2.24) is 0 Å². The maximum atomic E-state index is 12.6. The van der Waals surface area contributed by atoms with Crippen molar-refractivity contribution in [3.63, 3.8) is 0 Å². The Morgan fingerprint density at radius 2 is 1.68 bits per heavy atom. The summed E-state index contributed by atoms with van der Waals surface area (Å²) >= 11 is 0. The summed E-state index contributed by atoms with van der Waals surface area (Å²) in [5.41, 5.74) is 1.06. The maximum absolute atomic E-state index is 12.6. The first-order valence-electron chi connectivity index (χ1n) is 7.46. The smallest absolute Gasteiger partial charge is 0.337 e. The largest absolute Gasteiger partial charge is 0.478 e. The summed E-state index contributed by atoms with van der Waals surface area (Å²) in [4.78, 5) is 24.0. The molecule has 0 heterocycles. The lowest BCUT2D eigenvalue weighted by molar-refractivity contribution is 0.0698. The van der Waals surface area contributed by atoms with Crippen LogP contribution in [0.3, 0.4) is 0 Å². The molecule has 2 rings (SSSR count). The molecular weight excluding hydrogens is 344 g/mol. The standard InChI is InChI=1S/C17H18N2O5S/c1-3-11-7-6-9-13(17(21)22)15(11)18-16(20)12-8-4-5-10-14(12)19-25(2,23)24/h4-10,19H,3H2,1-2H3,(H,18,20)(H,21,22). The fourth-order valence-electron chi connectivity index (χ4n) is 2.37. The van der Waals surface area contributed by atoms with E-state index in [1.54, 1.807) is 24.3 Å². The van der Waals surface area contributed by atoms with Crippen LogP contribution in [0.15, 0.2) is 42.5 Å². The van der Waals surface area contributed by atoms with Crippen molar-refractivity contribution in [2.24, 2.45) is 0 Å². The number of carbonyl (C=O) groups excluding carboxylic acids is 1. The number of carboxylic acid groups (broad SMARTS) is 1. The zero-order chi connectivity index (χ0) is 18.6. The van der Waals surface area contributed by atoms with Crippen LogP contribution < -0.4 is 10.0 Å². The van der Waals surface area contributed by atoms with Crippen LogP contribution in [0, 0.1) is 0 Å². The molecule has 132 valence electrons. The van der Waals surface area contributed by atoms with E-state index in [-0.39, 0.29) is 22.5 Å². The van der Waals surface area contributed by atoms with Gasteiger partial charge in [-0.05, 0) is 30.2 Å². The van der Waals surface area contributed by atoms with Crippen LogP contribution in [0.2, 0.25) is 0 Å². The molecule has 0 unspecified atom stereocenters. The second-order valence-electron chi connectivity index (χ2n) is 5.37. The third-order valence-electron chi connectivity index (χ3n) is 3.47. The predicted molar refractivity (Wildman–Crippen MR) is 95.6 cm³/mol. The number of rotatable bonds is 6. The molecule has 1 amide bonds. The number of sulfonamides is 1. The first kappa shape index (κ1) is 18.5. The summed E-state index contributed by atoms with van der Waals surface area (Å²) in [5.74, 6) is -1.76. The van der Waals surface area contributed by atoms with E-state index in [1.165, 1.54) is 18.2 Å². The van der Waals surface area contributed by atoms with Gasteiger partial charge in [0.1, 0.15) is 0 Å². The Bertz CT molecular complexity index is 922. The van der Waals surface area contributed by atoms with Gasteiger partial charge < -0.3 is 10.4 Å². The lowest BCUT2D eigenvalue weighted by atomic mass is 10.0. The first-order chi connectivity index (χ1) is 11.7. The monoisotopic (exact) mass is 362 g/mol. The molecule has 0 radical (unpaired) electrons.